The number of nitrogens with zero attached hydrogens (tertiary/aromatic N) is 1. The number of hydrogen-bond acceptors (Lipinski definition) is 4. The van der Waals surface area contributed by atoms with Crippen LogP contribution in [0.4, 0.5) is 4.79 Å². The Morgan fingerprint density at radius 1 is 1.00 bits per heavy atom. The summed E-state index contributed by atoms with van der Waals surface area (Å²) in [5.74, 6) is 2.19. The smallest absolute Gasteiger partial charge is 0.318 e. The minimum atomic E-state index is -0.205. The van der Waals surface area contributed by atoms with E-state index < -0.39 is 0 Å². The maximum absolute atomic E-state index is 12.7. The predicted octanol–water partition coefficient (Wildman–Crippen LogP) is 4.01. The molecule has 0 aliphatic rings. The first-order valence-electron chi connectivity index (χ1n) is 8.92. The van der Waals surface area contributed by atoms with Crippen molar-refractivity contribution in [3.8, 4) is 17.2 Å². The van der Waals surface area contributed by atoms with Gasteiger partial charge in [-0.15, -0.1) is 0 Å². The molecule has 2 aromatic rings. The molecule has 0 fully saturated rings. The highest BCUT2D eigenvalue weighted by Gasteiger charge is 2.18. The van der Waals surface area contributed by atoms with Crippen LogP contribution in [0.3, 0.4) is 0 Å². The largest absolute Gasteiger partial charge is 0.497 e. The fourth-order valence-electron chi connectivity index (χ4n) is 2.81. The van der Waals surface area contributed by atoms with E-state index in [0.29, 0.717) is 24.6 Å². The molecular weight excluding hydrogens is 344 g/mol. The van der Waals surface area contributed by atoms with E-state index in [1.807, 2.05) is 56.3 Å². The van der Waals surface area contributed by atoms with Crippen LogP contribution in [-0.4, -0.2) is 38.8 Å². The zero-order chi connectivity index (χ0) is 19.8. The molecule has 6 heteroatoms. The third kappa shape index (κ3) is 5.29. The van der Waals surface area contributed by atoms with Crippen molar-refractivity contribution in [2.45, 2.75) is 26.4 Å². The molecule has 146 valence electrons. The third-order valence-corrected chi connectivity index (χ3v) is 4.45. The second kappa shape index (κ2) is 9.71. The maximum atomic E-state index is 12.7. The summed E-state index contributed by atoms with van der Waals surface area (Å²) in [5, 5.41) is 3.04. The Kier molecular flexibility index (Phi) is 7.34. The maximum Gasteiger partial charge on any atom is 0.318 e. The molecule has 6 nitrogen and oxygen atoms in total. The summed E-state index contributed by atoms with van der Waals surface area (Å²) < 4.78 is 15.8. The molecule has 0 bridgehead atoms. The van der Waals surface area contributed by atoms with Crippen molar-refractivity contribution in [1.82, 2.24) is 10.2 Å². The van der Waals surface area contributed by atoms with Gasteiger partial charge in [0.1, 0.15) is 17.2 Å². The number of ether oxygens (including phenoxy) is 3. The molecule has 1 N–H and O–H groups in total. The van der Waals surface area contributed by atoms with Gasteiger partial charge < -0.3 is 24.4 Å². The average molecular weight is 372 g/mol. The molecule has 0 saturated carbocycles. The molecule has 27 heavy (non-hydrogen) atoms. The lowest BCUT2D eigenvalue weighted by atomic mass is 10.1. The van der Waals surface area contributed by atoms with Crippen LogP contribution in [0.2, 0.25) is 0 Å². The highest BCUT2D eigenvalue weighted by atomic mass is 16.5. The predicted molar refractivity (Wildman–Crippen MR) is 106 cm³/mol. The van der Waals surface area contributed by atoms with E-state index in [-0.39, 0.29) is 12.1 Å². The minimum Gasteiger partial charge on any atom is -0.497 e. The summed E-state index contributed by atoms with van der Waals surface area (Å²) >= 11 is 0. The van der Waals surface area contributed by atoms with Crippen LogP contribution in [0, 0.1) is 0 Å². The molecule has 0 spiro atoms. The number of carbonyl (C=O) groups excluding carboxylic acids is 1. The minimum absolute atomic E-state index is 0.126. The number of hydrogen-bond donors (Lipinski definition) is 1. The van der Waals surface area contributed by atoms with Crippen LogP contribution in [0.5, 0.6) is 17.2 Å². The van der Waals surface area contributed by atoms with Crippen molar-refractivity contribution in [2.24, 2.45) is 0 Å². The number of urea groups is 1. The highest BCUT2D eigenvalue weighted by Crippen LogP contribution is 2.29. The molecule has 0 radical (unpaired) electrons. The zero-order valence-electron chi connectivity index (χ0n) is 16.6. The summed E-state index contributed by atoms with van der Waals surface area (Å²) in [6, 6.07) is 13.0. The number of methoxy groups -OCH3 is 3. The Labute approximate surface area is 161 Å². The average Bonchev–Trinajstić information content (AvgIpc) is 2.71. The normalized spacial score (nSPS) is 11.4. The number of amides is 2. The van der Waals surface area contributed by atoms with Gasteiger partial charge in [-0.1, -0.05) is 12.1 Å². The van der Waals surface area contributed by atoms with E-state index in [1.54, 1.807) is 26.2 Å². The molecule has 0 saturated heterocycles. The quantitative estimate of drug-likeness (QED) is 0.761. The Balaban J connectivity index is 2.06. The van der Waals surface area contributed by atoms with Crippen molar-refractivity contribution >= 4 is 6.03 Å². The first-order valence-corrected chi connectivity index (χ1v) is 8.92. The van der Waals surface area contributed by atoms with Gasteiger partial charge in [-0.3, -0.25) is 0 Å². The molecular formula is C21H28N2O4. The van der Waals surface area contributed by atoms with Crippen LogP contribution in [0.15, 0.2) is 42.5 Å². The first kappa shape index (κ1) is 20.4. The van der Waals surface area contributed by atoms with E-state index >= 15 is 0 Å². The van der Waals surface area contributed by atoms with Crippen LogP contribution < -0.4 is 19.5 Å². The van der Waals surface area contributed by atoms with Gasteiger partial charge in [0.25, 0.3) is 0 Å². The van der Waals surface area contributed by atoms with Crippen molar-refractivity contribution in [2.75, 3.05) is 27.9 Å². The Hall–Kier alpha value is -2.89. The summed E-state index contributed by atoms with van der Waals surface area (Å²) in [7, 11) is 4.85. The molecule has 0 heterocycles. The Morgan fingerprint density at radius 3 is 2.19 bits per heavy atom. The number of benzene rings is 2. The number of nitrogens with one attached hydrogen (secondary N) is 1. The van der Waals surface area contributed by atoms with E-state index in [1.165, 1.54) is 0 Å². The van der Waals surface area contributed by atoms with Crippen LogP contribution in [0.25, 0.3) is 0 Å². The van der Waals surface area contributed by atoms with E-state index in [2.05, 4.69) is 5.32 Å². The molecule has 1 unspecified atom stereocenters. The van der Waals surface area contributed by atoms with Gasteiger partial charge in [0.05, 0.1) is 27.4 Å². The Bertz CT molecular complexity index is 746. The number of carbonyl (C=O) groups is 1. The zero-order valence-corrected chi connectivity index (χ0v) is 16.6. The summed E-state index contributed by atoms with van der Waals surface area (Å²) in [6.07, 6.45) is 0. The summed E-state index contributed by atoms with van der Waals surface area (Å²) in [6.45, 7) is 5.02. The van der Waals surface area contributed by atoms with E-state index in [9.17, 15) is 4.79 Å². The molecule has 2 amide bonds. The van der Waals surface area contributed by atoms with Gasteiger partial charge in [0.15, 0.2) is 0 Å². The third-order valence-electron chi connectivity index (χ3n) is 4.45. The van der Waals surface area contributed by atoms with Crippen molar-refractivity contribution < 1.29 is 19.0 Å². The van der Waals surface area contributed by atoms with E-state index in [0.717, 1.165) is 16.9 Å². The topological polar surface area (TPSA) is 60.0 Å². The van der Waals surface area contributed by atoms with Crippen molar-refractivity contribution in [3.63, 3.8) is 0 Å². The molecule has 0 aliphatic heterocycles. The molecule has 0 aromatic heterocycles. The second-order valence-electron chi connectivity index (χ2n) is 6.14. The van der Waals surface area contributed by atoms with Gasteiger partial charge >= 0.3 is 6.03 Å². The van der Waals surface area contributed by atoms with Gasteiger partial charge in [0, 0.05) is 24.7 Å². The van der Waals surface area contributed by atoms with Gasteiger partial charge in [-0.25, -0.2) is 4.79 Å². The summed E-state index contributed by atoms with van der Waals surface area (Å²) in [5.41, 5.74) is 1.94. The monoisotopic (exact) mass is 372 g/mol. The van der Waals surface area contributed by atoms with Crippen molar-refractivity contribution in [3.05, 3.63) is 53.6 Å². The molecule has 1 atom stereocenters. The lowest BCUT2D eigenvalue weighted by Gasteiger charge is -2.25. The van der Waals surface area contributed by atoms with Gasteiger partial charge in [0.2, 0.25) is 0 Å². The SMILES string of the molecule is CCN(Cc1ccc(OC)cc1)C(=O)NC(C)c1ccc(OC)cc1OC. The van der Waals surface area contributed by atoms with E-state index in [4.69, 9.17) is 14.2 Å². The Morgan fingerprint density at radius 2 is 1.63 bits per heavy atom. The number of rotatable bonds is 8. The van der Waals surface area contributed by atoms with Crippen molar-refractivity contribution in [1.29, 1.82) is 0 Å². The van der Waals surface area contributed by atoms with Crippen LogP contribution >= 0.6 is 0 Å². The molecule has 2 rings (SSSR count). The standard InChI is InChI=1S/C21H28N2O4/c1-6-23(14-16-7-9-17(25-3)10-8-16)21(24)22-15(2)19-12-11-18(26-4)13-20(19)27-5/h7-13,15H,6,14H2,1-5H3,(H,22,24). The fraction of sp³-hybridized carbons (Fsp3) is 0.381. The fourth-order valence-corrected chi connectivity index (χ4v) is 2.81. The van der Waals surface area contributed by atoms with Gasteiger partial charge in [-0.05, 0) is 43.7 Å². The first-order chi connectivity index (χ1) is 13.0. The molecule has 2 aromatic carbocycles. The molecule has 0 aliphatic carbocycles. The highest BCUT2D eigenvalue weighted by molar-refractivity contribution is 5.75. The second-order valence-corrected chi connectivity index (χ2v) is 6.14. The van der Waals surface area contributed by atoms with Crippen LogP contribution in [0.1, 0.15) is 31.0 Å². The lowest BCUT2D eigenvalue weighted by molar-refractivity contribution is 0.194. The summed E-state index contributed by atoms with van der Waals surface area (Å²) in [4.78, 5) is 14.5. The van der Waals surface area contributed by atoms with Gasteiger partial charge in [-0.2, -0.15) is 0 Å². The lowest BCUT2D eigenvalue weighted by Crippen LogP contribution is -2.40. The van der Waals surface area contributed by atoms with Crippen LogP contribution in [-0.2, 0) is 6.54 Å².